The molecule has 1 N–H and O–H groups in total. The van der Waals surface area contributed by atoms with E-state index in [1.54, 1.807) is 47.8 Å². The van der Waals surface area contributed by atoms with E-state index in [2.05, 4.69) is 12.2 Å². The molecular weight excluding hydrogens is 376 g/mol. The number of piperidine rings is 1. The number of nitrogens with one attached hydrogen (secondary N) is 1. The Morgan fingerprint density at radius 3 is 2.36 bits per heavy atom. The third-order valence-electron chi connectivity index (χ3n) is 5.16. The Kier molecular flexibility index (Phi) is 6.05. The van der Waals surface area contributed by atoms with Crippen molar-refractivity contribution in [1.29, 1.82) is 0 Å². The number of ether oxygens (including phenoxy) is 1. The summed E-state index contributed by atoms with van der Waals surface area (Å²) in [5.41, 5.74) is 1.96. The lowest BCUT2D eigenvalue weighted by Gasteiger charge is -2.29. The number of benzene rings is 2. The number of sulfonamides is 1. The Balaban J connectivity index is 1.71. The van der Waals surface area contributed by atoms with Crippen LogP contribution in [0.15, 0.2) is 47.4 Å². The van der Waals surface area contributed by atoms with E-state index in [-0.39, 0.29) is 10.8 Å². The average Bonchev–Trinajstić information content (AvgIpc) is 2.69. The van der Waals surface area contributed by atoms with Gasteiger partial charge in [0.1, 0.15) is 5.75 Å². The van der Waals surface area contributed by atoms with Gasteiger partial charge in [0.25, 0.3) is 5.91 Å². The van der Waals surface area contributed by atoms with Crippen molar-refractivity contribution in [3.8, 4) is 5.75 Å². The highest BCUT2D eigenvalue weighted by atomic mass is 32.2. The molecule has 0 spiro atoms. The van der Waals surface area contributed by atoms with Crippen molar-refractivity contribution in [2.45, 2.75) is 31.6 Å². The van der Waals surface area contributed by atoms with E-state index in [1.165, 1.54) is 0 Å². The molecule has 0 saturated carbocycles. The van der Waals surface area contributed by atoms with E-state index in [9.17, 15) is 13.2 Å². The van der Waals surface area contributed by atoms with Crippen LogP contribution >= 0.6 is 0 Å². The first kappa shape index (κ1) is 20.4. The second-order valence-corrected chi connectivity index (χ2v) is 9.19. The summed E-state index contributed by atoms with van der Waals surface area (Å²) in [5.74, 6) is 0.924. The van der Waals surface area contributed by atoms with Crippen LogP contribution in [-0.4, -0.2) is 38.8 Å². The number of hydrogen-bond acceptors (Lipinski definition) is 4. The van der Waals surface area contributed by atoms with Gasteiger partial charge in [-0.1, -0.05) is 13.0 Å². The summed E-state index contributed by atoms with van der Waals surface area (Å²) < 4.78 is 32.3. The summed E-state index contributed by atoms with van der Waals surface area (Å²) in [6, 6.07) is 11.5. The zero-order valence-corrected chi connectivity index (χ0v) is 17.3. The zero-order valence-electron chi connectivity index (χ0n) is 16.4. The lowest BCUT2D eigenvalue weighted by molar-refractivity contribution is 0.102. The molecule has 7 heteroatoms. The van der Waals surface area contributed by atoms with Gasteiger partial charge in [-0.05, 0) is 67.6 Å². The van der Waals surface area contributed by atoms with E-state index in [4.69, 9.17) is 4.74 Å². The highest BCUT2D eigenvalue weighted by Gasteiger charge is 2.27. The number of carbonyl (C=O) groups is 1. The van der Waals surface area contributed by atoms with Gasteiger partial charge in [-0.25, -0.2) is 8.42 Å². The summed E-state index contributed by atoms with van der Waals surface area (Å²) in [7, 11) is -1.93. The predicted octanol–water partition coefficient (Wildman–Crippen LogP) is 3.68. The van der Waals surface area contributed by atoms with E-state index in [0.29, 0.717) is 36.0 Å². The summed E-state index contributed by atoms with van der Waals surface area (Å²) in [6.45, 7) is 5.15. The van der Waals surface area contributed by atoms with Gasteiger partial charge in [-0.3, -0.25) is 4.79 Å². The van der Waals surface area contributed by atoms with Crippen molar-refractivity contribution in [1.82, 2.24) is 4.31 Å². The normalized spacial score (nSPS) is 16.0. The molecule has 0 atom stereocenters. The Bertz CT molecular complexity index is 947. The maximum absolute atomic E-state index is 12.8. The number of rotatable bonds is 5. The van der Waals surface area contributed by atoms with Crippen LogP contribution in [0.1, 0.15) is 35.7 Å². The third-order valence-corrected chi connectivity index (χ3v) is 7.08. The number of methoxy groups -OCH3 is 1. The van der Waals surface area contributed by atoms with E-state index in [1.807, 2.05) is 13.0 Å². The molecule has 28 heavy (non-hydrogen) atoms. The molecule has 1 heterocycles. The van der Waals surface area contributed by atoms with Crippen LogP contribution in [0.3, 0.4) is 0 Å². The van der Waals surface area contributed by atoms with Crippen LogP contribution in [0.5, 0.6) is 5.75 Å². The minimum absolute atomic E-state index is 0.247. The molecule has 0 radical (unpaired) electrons. The largest absolute Gasteiger partial charge is 0.496 e. The molecule has 3 rings (SSSR count). The molecule has 1 saturated heterocycles. The Morgan fingerprint density at radius 2 is 1.75 bits per heavy atom. The predicted molar refractivity (Wildman–Crippen MR) is 109 cm³/mol. The van der Waals surface area contributed by atoms with Crippen LogP contribution in [0.2, 0.25) is 0 Å². The molecule has 0 unspecified atom stereocenters. The standard InChI is InChI=1S/C21H26N2O4S/c1-15-10-12-23(13-11-15)28(25,26)19-8-6-18(7-9-19)22-21(24)17-5-4-16(2)20(14-17)27-3/h4-9,14-15H,10-13H2,1-3H3,(H,22,24). The second kappa shape index (κ2) is 8.32. The molecule has 1 aliphatic heterocycles. The Labute approximate surface area is 166 Å². The van der Waals surface area contributed by atoms with Crippen molar-refractivity contribution in [3.63, 3.8) is 0 Å². The molecule has 2 aromatic rings. The molecule has 1 amide bonds. The van der Waals surface area contributed by atoms with Crippen LogP contribution in [0.4, 0.5) is 5.69 Å². The second-order valence-electron chi connectivity index (χ2n) is 7.25. The Hall–Kier alpha value is -2.38. The van der Waals surface area contributed by atoms with Crippen LogP contribution < -0.4 is 10.1 Å². The maximum Gasteiger partial charge on any atom is 0.255 e. The van der Waals surface area contributed by atoms with Crippen LogP contribution in [0.25, 0.3) is 0 Å². The van der Waals surface area contributed by atoms with Crippen molar-refractivity contribution in [3.05, 3.63) is 53.6 Å². The first-order valence-corrected chi connectivity index (χ1v) is 10.8. The van der Waals surface area contributed by atoms with Gasteiger partial charge in [-0.2, -0.15) is 4.31 Å². The number of hydrogen-bond donors (Lipinski definition) is 1. The molecule has 150 valence electrons. The number of nitrogens with zero attached hydrogens (tertiary/aromatic N) is 1. The summed E-state index contributed by atoms with van der Waals surface area (Å²) in [4.78, 5) is 12.7. The summed E-state index contributed by atoms with van der Waals surface area (Å²) in [5, 5.41) is 2.79. The number of anilines is 1. The van der Waals surface area contributed by atoms with Crippen molar-refractivity contribution < 1.29 is 17.9 Å². The molecule has 0 aromatic heterocycles. The minimum Gasteiger partial charge on any atom is -0.496 e. The first-order chi connectivity index (χ1) is 13.3. The number of aryl methyl sites for hydroxylation is 1. The van der Waals surface area contributed by atoms with Gasteiger partial charge in [0, 0.05) is 24.3 Å². The molecule has 1 fully saturated rings. The van der Waals surface area contributed by atoms with Crippen molar-refractivity contribution in [2.24, 2.45) is 5.92 Å². The molecule has 6 nitrogen and oxygen atoms in total. The van der Waals surface area contributed by atoms with Gasteiger partial charge in [0.15, 0.2) is 0 Å². The Morgan fingerprint density at radius 1 is 1.11 bits per heavy atom. The van der Waals surface area contributed by atoms with E-state index in [0.717, 1.165) is 18.4 Å². The van der Waals surface area contributed by atoms with Crippen molar-refractivity contribution >= 4 is 21.6 Å². The fraction of sp³-hybridized carbons (Fsp3) is 0.381. The number of carbonyl (C=O) groups excluding carboxylic acids is 1. The van der Waals surface area contributed by atoms with E-state index >= 15 is 0 Å². The summed E-state index contributed by atoms with van der Waals surface area (Å²) in [6.07, 6.45) is 1.76. The van der Waals surface area contributed by atoms with Gasteiger partial charge < -0.3 is 10.1 Å². The van der Waals surface area contributed by atoms with Gasteiger partial charge in [0.2, 0.25) is 10.0 Å². The fourth-order valence-electron chi connectivity index (χ4n) is 3.25. The lowest BCUT2D eigenvalue weighted by atomic mass is 10.0. The highest BCUT2D eigenvalue weighted by Crippen LogP contribution is 2.25. The smallest absolute Gasteiger partial charge is 0.255 e. The zero-order chi connectivity index (χ0) is 20.3. The van der Waals surface area contributed by atoms with Gasteiger partial charge in [0.05, 0.1) is 12.0 Å². The van der Waals surface area contributed by atoms with Crippen molar-refractivity contribution in [2.75, 3.05) is 25.5 Å². The molecular formula is C21H26N2O4S. The summed E-state index contributed by atoms with van der Waals surface area (Å²) >= 11 is 0. The van der Waals surface area contributed by atoms with Crippen LogP contribution in [-0.2, 0) is 10.0 Å². The SMILES string of the molecule is COc1cc(C(=O)Nc2ccc(S(=O)(=O)N3CCC(C)CC3)cc2)ccc1C. The van der Waals surface area contributed by atoms with E-state index < -0.39 is 10.0 Å². The molecule has 0 bridgehead atoms. The topological polar surface area (TPSA) is 75.7 Å². The number of amides is 1. The minimum atomic E-state index is -3.49. The van der Waals surface area contributed by atoms with Gasteiger partial charge in [-0.15, -0.1) is 0 Å². The lowest BCUT2D eigenvalue weighted by Crippen LogP contribution is -2.37. The average molecular weight is 403 g/mol. The monoisotopic (exact) mass is 402 g/mol. The quantitative estimate of drug-likeness (QED) is 0.828. The maximum atomic E-state index is 12.8. The first-order valence-electron chi connectivity index (χ1n) is 9.37. The van der Waals surface area contributed by atoms with Crippen LogP contribution in [0, 0.1) is 12.8 Å². The molecule has 0 aliphatic carbocycles. The molecule has 1 aliphatic rings. The highest BCUT2D eigenvalue weighted by molar-refractivity contribution is 7.89. The third kappa shape index (κ3) is 4.36. The molecule has 2 aromatic carbocycles. The fourth-order valence-corrected chi connectivity index (χ4v) is 4.72. The van der Waals surface area contributed by atoms with Gasteiger partial charge >= 0.3 is 0 Å².